The molecule has 3 rings (SSSR count). The Kier molecular flexibility index (Phi) is 4.76. The molecular formula is C18H19ClN2O. The number of carbonyl (C=O) groups is 1. The van der Waals surface area contributed by atoms with Crippen LogP contribution in [-0.2, 0) is 0 Å². The highest BCUT2D eigenvalue weighted by Gasteiger charge is 2.27. The van der Waals surface area contributed by atoms with Crippen molar-refractivity contribution in [3.05, 3.63) is 71.8 Å². The molecule has 0 radical (unpaired) electrons. The molecule has 1 aliphatic heterocycles. The van der Waals surface area contributed by atoms with E-state index in [0.717, 1.165) is 13.1 Å². The van der Waals surface area contributed by atoms with Crippen LogP contribution in [0.25, 0.3) is 0 Å². The number of amides is 1. The molecule has 0 spiro atoms. The van der Waals surface area contributed by atoms with E-state index in [-0.39, 0.29) is 11.4 Å². The second-order valence-electron chi connectivity index (χ2n) is 5.50. The topological polar surface area (TPSA) is 23.6 Å². The number of piperazine rings is 1. The summed E-state index contributed by atoms with van der Waals surface area (Å²) in [6.45, 7) is 3.01. The van der Waals surface area contributed by atoms with Gasteiger partial charge in [-0.3, -0.25) is 9.69 Å². The number of nitrogens with zero attached hydrogens (tertiary/aromatic N) is 2. The minimum atomic E-state index is -0.351. The van der Waals surface area contributed by atoms with Crippen molar-refractivity contribution in [1.29, 1.82) is 0 Å². The Bertz CT molecular complexity index is 570. The van der Waals surface area contributed by atoms with Crippen LogP contribution >= 0.6 is 11.6 Å². The molecule has 0 aliphatic carbocycles. The van der Waals surface area contributed by atoms with Gasteiger partial charge in [0.25, 0.3) is 0 Å². The molecule has 114 valence electrons. The summed E-state index contributed by atoms with van der Waals surface area (Å²) in [5.74, 6) is 0. The predicted octanol–water partition coefficient (Wildman–Crippen LogP) is 3.75. The highest BCUT2D eigenvalue weighted by molar-refractivity contribution is 6.62. The molecule has 1 amide bonds. The first-order valence-corrected chi connectivity index (χ1v) is 7.92. The van der Waals surface area contributed by atoms with Gasteiger partial charge in [-0.25, -0.2) is 0 Å². The van der Waals surface area contributed by atoms with Crippen molar-refractivity contribution >= 4 is 17.0 Å². The zero-order valence-electron chi connectivity index (χ0n) is 12.4. The lowest BCUT2D eigenvalue weighted by molar-refractivity contribution is 0.131. The van der Waals surface area contributed by atoms with E-state index in [1.54, 1.807) is 4.90 Å². The standard InChI is InChI=1S/C18H19ClN2O/c19-18(22)21-13-11-20(12-14-21)17(15-7-3-1-4-8-15)16-9-5-2-6-10-16/h1-10,17H,11-14H2. The third-order valence-corrected chi connectivity index (χ3v) is 4.40. The van der Waals surface area contributed by atoms with Crippen molar-refractivity contribution < 1.29 is 4.79 Å². The number of hydrogen-bond acceptors (Lipinski definition) is 2. The summed E-state index contributed by atoms with van der Waals surface area (Å²) in [7, 11) is 0. The minimum Gasteiger partial charge on any atom is -0.327 e. The zero-order valence-corrected chi connectivity index (χ0v) is 13.1. The molecule has 1 saturated heterocycles. The van der Waals surface area contributed by atoms with Crippen molar-refractivity contribution in [1.82, 2.24) is 9.80 Å². The van der Waals surface area contributed by atoms with Crippen molar-refractivity contribution in [2.45, 2.75) is 6.04 Å². The first-order valence-electron chi connectivity index (χ1n) is 7.54. The number of hydrogen-bond donors (Lipinski definition) is 0. The first-order chi connectivity index (χ1) is 10.8. The Morgan fingerprint density at radius 1 is 0.818 bits per heavy atom. The summed E-state index contributed by atoms with van der Waals surface area (Å²) in [4.78, 5) is 15.4. The average Bonchev–Trinajstić information content (AvgIpc) is 2.57. The second kappa shape index (κ2) is 6.95. The van der Waals surface area contributed by atoms with Crippen LogP contribution in [0, 0.1) is 0 Å². The van der Waals surface area contributed by atoms with Crippen molar-refractivity contribution in [2.75, 3.05) is 26.2 Å². The van der Waals surface area contributed by atoms with Crippen molar-refractivity contribution in [3.63, 3.8) is 0 Å². The van der Waals surface area contributed by atoms with Gasteiger partial charge in [-0.15, -0.1) is 0 Å². The lowest BCUT2D eigenvalue weighted by atomic mass is 9.96. The molecule has 1 fully saturated rings. The molecule has 0 atom stereocenters. The Hall–Kier alpha value is -1.84. The number of halogens is 1. The highest BCUT2D eigenvalue weighted by Crippen LogP contribution is 2.29. The van der Waals surface area contributed by atoms with Crippen molar-refractivity contribution in [3.8, 4) is 0 Å². The van der Waals surface area contributed by atoms with Crippen LogP contribution in [-0.4, -0.2) is 41.3 Å². The minimum absolute atomic E-state index is 0.218. The van der Waals surface area contributed by atoms with Gasteiger partial charge in [0.2, 0.25) is 0 Å². The van der Waals surface area contributed by atoms with Gasteiger partial charge in [-0.05, 0) is 22.7 Å². The summed E-state index contributed by atoms with van der Waals surface area (Å²) in [5.41, 5.74) is 2.55. The molecule has 1 aliphatic rings. The van der Waals surface area contributed by atoms with E-state index < -0.39 is 0 Å². The van der Waals surface area contributed by atoms with Crippen LogP contribution in [0.3, 0.4) is 0 Å². The molecule has 0 aromatic heterocycles. The van der Waals surface area contributed by atoms with E-state index in [4.69, 9.17) is 11.6 Å². The molecule has 0 N–H and O–H groups in total. The van der Waals surface area contributed by atoms with E-state index in [1.807, 2.05) is 12.1 Å². The van der Waals surface area contributed by atoms with Gasteiger partial charge in [-0.2, -0.15) is 0 Å². The summed E-state index contributed by atoms with van der Waals surface area (Å²) < 4.78 is 0. The van der Waals surface area contributed by atoms with Gasteiger partial charge < -0.3 is 4.90 Å². The largest absolute Gasteiger partial charge is 0.327 e. The van der Waals surface area contributed by atoms with Gasteiger partial charge in [-0.1, -0.05) is 60.7 Å². The Labute approximate surface area is 136 Å². The summed E-state index contributed by atoms with van der Waals surface area (Å²) in [6.07, 6.45) is 0. The van der Waals surface area contributed by atoms with Crippen LogP contribution < -0.4 is 0 Å². The lowest BCUT2D eigenvalue weighted by Crippen LogP contribution is -2.48. The molecule has 0 saturated carbocycles. The SMILES string of the molecule is O=C(Cl)N1CCN(C(c2ccccc2)c2ccccc2)CC1. The smallest absolute Gasteiger partial charge is 0.316 e. The van der Waals surface area contributed by atoms with Gasteiger partial charge in [0.1, 0.15) is 0 Å². The Morgan fingerprint density at radius 3 is 1.68 bits per heavy atom. The monoisotopic (exact) mass is 314 g/mol. The van der Waals surface area contributed by atoms with Crippen molar-refractivity contribution in [2.24, 2.45) is 0 Å². The van der Waals surface area contributed by atoms with Gasteiger partial charge in [0.15, 0.2) is 0 Å². The maximum Gasteiger partial charge on any atom is 0.316 e. The third-order valence-electron chi connectivity index (χ3n) is 4.16. The summed E-state index contributed by atoms with van der Waals surface area (Å²) >= 11 is 5.59. The van der Waals surface area contributed by atoms with Crippen LogP contribution in [0.2, 0.25) is 0 Å². The fourth-order valence-corrected chi connectivity index (χ4v) is 3.21. The van der Waals surface area contributed by atoms with Gasteiger partial charge in [0.05, 0.1) is 6.04 Å². The van der Waals surface area contributed by atoms with Crippen LogP contribution in [0.4, 0.5) is 4.79 Å². The average molecular weight is 315 g/mol. The van der Waals surface area contributed by atoms with E-state index in [1.165, 1.54) is 11.1 Å². The van der Waals surface area contributed by atoms with E-state index in [9.17, 15) is 4.79 Å². The molecule has 0 unspecified atom stereocenters. The zero-order chi connectivity index (χ0) is 15.4. The number of carbonyl (C=O) groups excluding carboxylic acids is 1. The molecule has 4 heteroatoms. The lowest BCUT2D eigenvalue weighted by Gasteiger charge is -2.39. The fourth-order valence-electron chi connectivity index (χ4n) is 3.04. The highest BCUT2D eigenvalue weighted by atomic mass is 35.5. The summed E-state index contributed by atoms with van der Waals surface area (Å²) in [6, 6.07) is 21.2. The summed E-state index contributed by atoms with van der Waals surface area (Å²) in [5, 5.41) is -0.351. The molecule has 3 nitrogen and oxygen atoms in total. The fraction of sp³-hybridized carbons (Fsp3) is 0.278. The predicted molar refractivity (Wildman–Crippen MR) is 89.1 cm³/mol. The van der Waals surface area contributed by atoms with E-state index in [0.29, 0.717) is 13.1 Å². The quantitative estimate of drug-likeness (QED) is 0.636. The first kappa shape index (κ1) is 15.1. The van der Waals surface area contributed by atoms with Gasteiger partial charge >= 0.3 is 5.37 Å². The van der Waals surface area contributed by atoms with E-state index in [2.05, 4.69) is 53.4 Å². The molecular weight excluding hydrogens is 296 g/mol. The molecule has 2 aromatic rings. The normalized spacial score (nSPS) is 16.0. The molecule has 2 aromatic carbocycles. The van der Waals surface area contributed by atoms with Gasteiger partial charge in [0, 0.05) is 26.2 Å². The van der Waals surface area contributed by atoms with E-state index >= 15 is 0 Å². The number of benzene rings is 2. The third kappa shape index (κ3) is 3.32. The van der Waals surface area contributed by atoms with Crippen LogP contribution in [0.15, 0.2) is 60.7 Å². The molecule has 22 heavy (non-hydrogen) atoms. The Morgan fingerprint density at radius 2 is 1.27 bits per heavy atom. The van der Waals surface area contributed by atoms with Crippen LogP contribution in [0.5, 0.6) is 0 Å². The molecule has 0 bridgehead atoms. The molecule has 1 heterocycles. The number of rotatable bonds is 3. The van der Waals surface area contributed by atoms with Crippen LogP contribution in [0.1, 0.15) is 17.2 Å². The Balaban J connectivity index is 1.86. The second-order valence-corrected chi connectivity index (χ2v) is 5.82. The maximum absolute atomic E-state index is 11.3. The maximum atomic E-state index is 11.3.